The highest BCUT2D eigenvalue weighted by molar-refractivity contribution is 7.99. The summed E-state index contributed by atoms with van der Waals surface area (Å²) in [5.74, 6) is 0.945. The minimum absolute atomic E-state index is 0.0528. The summed E-state index contributed by atoms with van der Waals surface area (Å²) in [5, 5.41) is 6.98. The topological polar surface area (TPSA) is 71.1 Å². The van der Waals surface area contributed by atoms with Gasteiger partial charge in [0.05, 0.1) is 22.9 Å². The van der Waals surface area contributed by atoms with Crippen LogP contribution < -0.4 is 10.6 Å². The van der Waals surface area contributed by atoms with Gasteiger partial charge in [-0.25, -0.2) is 4.98 Å². The number of thiophene rings is 1. The van der Waals surface area contributed by atoms with Gasteiger partial charge in [-0.05, 0) is 36.8 Å². The average molecular weight is 466 g/mol. The third-order valence-electron chi connectivity index (χ3n) is 3.84. The standard InChI is InChI=1S/C20H20ClN3O2S3/c1-12-19(17-7-6-16(29-17)9-22-13(2)25)24-20(28-12)23-18(26)11-27-10-14-4-3-5-15(21)8-14/h3-8H,9-11H2,1-2H3,(H,22,25)(H,23,24,26). The van der Waals surface area contributed by atoms with Crippen LogP contribution >= 0.6 is 46.0 Å². The lowest BCUT2D eigenvalue weighted by Crippen LogP contribution is -2.17. The molecule has 0 bridgehead atoms. The lowest BCUT2D eigenvalue weighted by molar-refractivity contribution is -0.119. The summed E-state index contributed by atoms with van der Waals surface area (Å²) in [7, 11) is 0. The van der Waals surface area contributed by atoms with Gasteiger partial charge in [-0.3, -0.25) is 9.59 Å². The highest BCUT2D eigenvalue weighted by Gasteiger charge is 2.14. The Hall–Kier alpha value is -1.87. The fourth-order valence-corrected chi connectivity index (χ4v) is 5.42. The van der Waals surface area contributed by atoms with Crippen LogP contribution in [-0.2, 0) is 21.9 Å². The Kier molecular flexibility index (Phi) is 7.71. The molecule has 2 amide bonds. The lowest BCUT2D eigenvalue weighted by atomic mass is 10.2. The van der Waals surface area contributed by atoms with Crippen LogP contribution in [0, 0.1) is 6.92 Å². The third-order valence-corrected chi connectivity index (χ3v) is 7.06. The summed E-state index contributed by atoms with van der Waals surface area (Å²) >= 11 is 10.6. The van der Waals surface area contributed by atoms with Gasteiger partial charge in [-0.15, -0.1) is 34.4 Å². The molecule has 0 spiro atoms. The number of nitrogens with zero attached hydrogens (tertiary/aromatic N) is 1. The Balaban J connectivity index is 1.54. The molecule has 0 atom stereocenters. The maximum atomic E-state index is 12.3. The first-order chi connectivity index (χ1) is 13.9. The summed E-state index contributed by atoms with van der Waals surface area (Å²) in [4.78, 5) is 31.0. The Morgan fingerprint density at radius 2 is 2.03 bits per heavy atom. The number of halogens is 1. The molecule has 0 unspecified atom stereocenters. The lowest BCUT2D eigenvalue weighted by Gasteiger charge is -2.03. The summed E-state index contributed by atoms with van der Waals surface area (Å²) < 4.78 is 0. The summed E-state index contributed by atoms with van der Waals surface area (Å²) in [6.45, 7) is 4.00. The molecule has 3 aromatic rings. The van der Waals surface area contributed by atoms with E-state index in [0.29, 0.717) is 22.5 Å². The van der Waals surface area contributed by atoms with Crippen LogP contribution in [0.2, 0.25) is 5.02 Å². The van der Waals surface area contributed by atoms with Crippen molar-refractivity contribution >= 4 is 63.0 Å². The summed E-state index contributed by atoms with van der Waals surface area (Å²) in [6, 6.07) is 11.6. The molecule has 2 N–H and O–H groups in total. The molecule has 3 rings (SSSR count). The van der Waals surface area contributed by atoms with Gasteiger partial charge < -0.3 is 10.6 Å². The van der Waals surface area contributed by atoms with E-state index in [9.17, 15) is 9.59 Å². The molecular weight excluding hydrogens is 446 g/mol. The number of aromatic nitrogens is 1. The van der Waals surface area contributed by atoms with Crippen molar-refractivity contribution in [3.63, 3.8) is 0 Å². The second-order valence-corrected chi connectivity index (χ2v) is 10.1. The fourth-order valence-electron chi connectivity index (χ4n) is 2.53. The number of aryl methyl sites for hydroxylation is 1. The number of hydrogen-bond donors (Lipinski definition) is 2. The zero-order valence-electron chi connectivity index (χ0n) is 16.0. The van der Waals surface area contributed by atoms with Gasteiger partial charge in [0.15, 0.2) is 5.13 Å². The van der Waals surface area contributed by atoms with Crippen molar-refractivity contribution in [1.82, 2.24) is 10.3 Å². The van der Waals surface area contributed by atoms with Crippen LogP contribution in [0.25, 0.3) is 10.6 Å². The van der Waals surface area contributed by atoms with E-state index in [4.69, 9.17) is 11.6 Å². The molecule has 9 heteroatoms. The third kappa shape index (κ3) is 6.57. The van der Waals surface area contributed by atoms with Crippen molar-refractivity contribution in [3.8, 4) is 10.6 Å². The van der Waals surface area contributed by atoms with Gasteiger partial charge in [0, 0.05) is 27.5 Å². The first kappa shape index (κ1) is 21.8. The Bertz CT molecular complexity index is 1020. The maximum Gasteiger partial charge on any atom is 0.236 e. The van der Waals surface area contributed by atoms with Gasteiger partial charge in [-0.1, -0.05) is 23.7 Å². The number of hydrogen-bond acceptors (Lipinski definition) is 6. The summed E-state index contributed by atoms with van der Waals surface area (Å²) in [6.07, 6.45) is 0. The largest absolute Gasteiger partial charge is 0.351 e. The van der Waals surface area contributed by atoms with Crippen LogP contribution in [0.15, 0.2) is 36.4 Å². The highest BCUT2D eigenvalue weighted by Crippen LogP contribution is 2.34. The van der Waals surface area contributed by atoms with Crippen LogP contribution in [0.1, 0.15) is 22.2 Å². The SMILES string of the molecule is CC(=O)NCc1ccc(-c2nc(NC(=O)CSCc3cccc(Cl)c3)sc2C)s1. The van der Waals surface area contributed by atoms with Gasteiger partial charge >= 0.3 is 0 Å². The number of thiazole rings is 1. The number of benzene rings is 1. The number of rotatable bonds is 8. The van der Waals surface area contributed by atoms with E-state index in [0.717, 1.165) is 31.6 Å². The molecule has 1 aromatic carbocycles. The number of anilines is 1. The first-order valence-electron chi connectivity index (χ1n) is 8.83. The van der Waals surface area contributed by atoms with E-state index in [1.165, 1.54) is 30.0 Å². The molecule has 0 saturated heterocycles. The van der Waals surface area contributed by atoms with Crippen LogP contribution in [0.4, 0.5) is 5.13 Å². The van der Waals surface area contributed by atoms with Gasteiger partial charge in [0.1, 0.15) is 0 Å². The predicted molar refractivity (Wildman–Crippen MR) is 124 cm³/mol. The second kappa shape index (κ2) is 10.2. The van der Waals surface area contributed by atoms with Crippen molar-refractivity contribution in [1.29, 1.82) is 0 Å². The smallest absolute Gasteiger partial charge is 0.236 e. The van der Waals surface area contributed by atoms with Crippen molar-refractivity contribution < 1.29 is 9.59 Å². The zero-order valence-corrected chi connectivity index (χ0v) is 19.2. The number of carbonyl (C=O) groups excluding carboxylic acids is 2. The fraction of sp³-hybridized carbons (Fsp3) is 0.250. The van der Waals surface area contributed by atoms with E-state index in [2.05, 4.69) is 15.6 Å². The quantitative estimate of drug-likeness (QED) is 0.471. The number of carbonyl (C=O) groups is 2. The first-order valence-corrected chi connectivity index (χ1v) is 12.0. The number of thioether (sulfide) groups is 1. The van der Waals surface area contributed by atoms with Gasteiger partial charge in [0.25, 0.3) is 0 Å². The van der Waals surface area contributed by atoms with Gasteiger partial charge in [0.2, 0.25) is 11.8 Å². The van der Waals surface area contributed by atoms with Crippen molar-refractivity contribution in [3.05, 3.63) is 56.7 Å². The average Bonchev–Trinajstić information content (AvgIpc) is 3.26. The van der Waals surface area contributed by atoms with Crippen molar-refractivity contribution in [2.45, 2.75) is 26.1 Å². The monoisotopic (exact) mass is 465 g/mol. The normalized spacial score (nSPS) is 10.7. The minimum Gasteiger partial charge on any atom is -0.351 e. The molecule has 0 radical (unpaired) electrons. The minimum atomic E-state index is -0.0742. The molecule has 0 aliphatic heterocycles. The Morgan fingerprint density at radius 3 is 2.79 bits per heavy atom. The van der Waals surface area contributed by atoms with Crippen molar-refractivity contribution in [2.75, 3.05) is 11.1 Å². The summed E-state index contributed by atoms with van der Waals surface area (Å²) in [5.41, 5.74) is 1.96. The Morgan fingerprint density at radius 1 is 1.21 bits per heavy atom. The molecule has 29 heavy (non-hydrogen) atoms. The molecular formula is C20H20ClN3O2S3. The van der Waals surface area contributed by atoms with Crippen molar-refractivity contribution in [2.24, 2.45) is 0 Å². The van der Waals surface area contributed by atoms with E-state index in [1.807, 2.05) is 43.3 Å². The molecule has 152 valence electrons. The Labute approximate surface area is 186 Å². The molecule has 0 aliphatic rings. The van der Waals surface area contributed by atoms with E-state index < -0.39 is 0 Å². The van der Waals surface area contributed by atoms with E-state index >= 15 is 0 Å². The van der Waals surface area contributed by atoms with Crippen LogP contribution in [-0.4, -0.2) is 22.6 Å². The van der Waals surface area contributed by atoms with E-state index in [-0.39, 0.29) is 11.8 Å². The second-order valence-electron chi connectivity index (χ2n) is 6.27. The molecule has 2 aromatic heterocycles. The maximum absolute atomic E-state index is 12.3. The van der Waals surface area contributed by atoms with Crippen LogP contribution in [0.3, 0.4) is 0 Å². The molecule has 2 heterocycles. The highest BCUT2D eigenvalue weighted by atomic mass is 35.5. The number of nitrogens with one attached hydrogen (secondary N) is 2. The number of amides is 2. The predicted octanol–water partition coefficient (Wildman–Crippen LogP) is 5.34. The molecule has 5 nitrogen and oxygen atoms in total. The van der Waals surface area contributed by atoms with Gasteiger partial charge in [-0.2, -0.15) is 0 Å². The molecule has 0 saturated carbocycles. The van der Waals surface area contributed by atoms with Crippen LogP contribution in [0.5, 0.6) is 0 Å². The molecule has 0 fully saturated rings. The molecule has 0 aliphatic carbocycles. The van der Waals surface area contributed by atoms with E-state index in [1.54, 1.807) is 11.3 Å². The zero-order chi connectivity index (χ0) is 20.8.